The topological polar surface area (TPSA) is 35.5 Å². The van der Waals surface area contributed by atoms with E-state index in [0.717, 1.165) is 25.6 Å². The molecule has 0 amide bonds. The number of nitrogens with one attached hydrogen (secondary N) is 1. The fourth-order valence-corrected chi connectivity index (χ4v) is 3.45. The Morgan fingerprint density at radius 3 is 2.60 bits per heavy atom. The van der Waals surface area contributed by atoms with Gasteiger partial charge in [-0.1, -0.05) is 19.1 Å². The van der Waals surface area contributed by atoms with Crippen LogP contribution in [0.4, 0.5) is 0 Å². The third kappa shape index (κ3) is 2.70. The molecule has 1 aliphatic heterocycles. The van der Waals surface area contributed by atoms with Crippen molar-refractivity contribution in [2.75, 3.05) is 13.1 Å². The van der Waals surface area contributed by atoms with Gasteiger partial charge in [-0.2, -0.15) is 0 Å². The predicted octanol–water partition coefficient (Wildman–Crippen LogP) is 2.74. The van der Waals surface area contributed by atoms with Gasteiger partial charge in [-0.3, -0.25) is 4.90 Å². The Labute approximate surface area is 122 Å². The highest BCUT2D eigenvalue weighted by molar-refractivity contribution is 5.26. The van der Waals surface area contributed by atoms with Crippen molar-refractivity contribution in [1.29, 1.82) is 0 Å². The third-order valence-corrected chi connectivity index (χ3v) is 5.17. The lowest BCUT2D eigenvalue weighted by Gasteiger charge is -2.48. The molecule has 0 radical (unpaired) electrons. The van der Waals surface area contributed by atoms with Crippen LogP contribution in [0.15, 0.2) is 24.3 Å². The second kappa shape index (κ2) is 5.38. The summed E-state index contributed by atoms with van der Waals surface area (Å²) < 4.78 is 0. The zero-order valence-corrected chi connectivity index (χ0v) is 12.6. The van der Waals surface area contributed by atoms with Crippen molar-refractivity contribution in [1.82, 2.24) is 10.2 Å². The van der Waals surface area contributed by atoms with Crippen LogP contribution in [0.25, 0.3) is 0 Å². The Bertz CT molecular complexity index is 455. The molecule has 1 aliphatic carbocycles. The van der Waals surface area contributed by atoms with Crippen molar-refractivity contribution >= 4 is 0 Å². The molecule has 1 aromatic rings. The van der Waals surface area contributed by atoms with Gasteiger partial charge in [0.15, 0.2) is 0 Å². The van der Waals surface area contributed by atoms with E-state index in [4.69, 9.17) is 0 Å². The predicted molar refractivity (Wildman–Crippen MR) is 81.7 cm³/mol. The van der Waals surface area contributed by atoms with Crippen molar-refractivity contribution in [3.63, 3.8) is 0 Å². The molecule has 3 nitrogen and oxygen atoms in total. The normalized spacial score (nSPS) is 31.4. The van der Waals surface area contributed by atoms with Gasteiger partial charge in [0.2, 0.25) is 0 Å². The molecular formula is C17H26N2O. The number of hydrogen-bond acceptors (Lipinski definition) is 3. The second-order valence-electron chi connectivity index (χ2n) is 6.66. The highest BCUT2D eigenvalue weighted by atomic mass is 16.3. The molecule has 1 aromatic carbocycles. The van der Waals surface area contributed by atoms with E-state index in [1.807, 2.05) is 12.1 Å². The van der Waals surface area contributed by atoms with Gasteiger partial charge < -0.3 is 10.4 Å². The molecule has 0 bridgehead atoms. The quantitative estimate of drug-likeness (QED) is 0.886. The number of phenols is 1. The first kappa shape index (κ1) is 13.9. The minimum absolute atomic E-state index is 0.295. The Balaban J connectivity index is 1.76. The summed E-state index contributed by atoms with van der Waals surface area (Å²) in [5, 5.41) is 13.1. The Morgan fingerprint density at radius 2 is 2.00 bits per heavy atom. The van der Waals surface area contributed by atoms with Crippen LogP contribution >= 0.6 is 0 Å². The Morgan fingerprint density at radius 1 is 1.30 bits per heavy atom. The average Bonchev–Trinajstić information content (AvgIpc) is 3.28. The molecule has 1 heterocycles. The zero-order chi connectivity index (χ0) is 14.2. The number of piperazine rings is 1. The summed E-state index contributed by atoms with van der Waals surface area (Å²) in [6.45, 7) is 7.91. The Kier molecular flexibility index (Phi) is 3.74. The smallest absolute Gasteiger partial charge is 0.115 e. The molecule has 1 saturated heterocycles. The van der Waals surface area contributed by atoms with E-state index < -0.39 is 0 Å². The molecular weight excluding hydrogens is 248 g/mol. The van der Waals surface area contributed by atoms with E-state index in [2.05, 4.69) is 24.1 Å². The average molecular weight is 274 g/mol. The number of hydrogen-bond donors (Lipinski definition) is 2. The molecule has 0 aromatic heterocycles. The molecule has 2 fully saturated rings. The molecule has 0 spiro atoms. The Hall–Kier alpha value is -1.06. The number of aromatic hydroxyl groups is 1. The van der Waals surface area contributed by atoms with Gasteiger partial charge in [0, 0.05) is 31.2 Å². The van der Waals surface area contributed by atoms with E-state index in [-0.39, 0.29) is 0 Å². The van der Waals surface area contributed by atoms with Crippen molar-refractivity contribution in [2.45, 2.75) is 51.2 Å². The maximum absolute atomic E-state index is 9.42. The van der Waals surface area contributed by atoms with Gasteiger partial charge in [0.1, 0.15) is 5.75 Å². The van der Waals surface area contributed by atoms with Crippen molar-refractivity contribution in [3.8, 4) is 5.75 Å². The number of rotatable bonds is 4. The van der Waals surface area contributed by atoms with Crippen LogP contribution in [0, 0.1) is 5.92 Å². The highest BCUT2D eigenvalue weighted by Crippen LogP contribution is 2.44. The molecule has 1 saturated carbocycles. The summed E-state index contributed by atoms with van der Waals surface area (Å²) in [5.74, 6) is 1.20. The SMILES string of the molecule is CCC1CN(Cc2ccc(O)cc2)C(C)(C2CC2)CN1. The van der Waals surface area contributed by atoms with Crippen LogP contribution in [0.5, 0.6) is 5.75 Å². The van der Waals surface area contributed by atoms with Crippen LogP contribution in [-0.2, 0) is 6.54 Å². The zero-order valence-electron chi connectivity index (χ0n) is 12.6. The molecule has 2 unspecified atom stereocenters. The summed E-state index contributed by atoms with van der Waals surface area (Å²) in [6.07, 6.45) is 3.94. The third-order valence-electron chi connectivity index (χ3n) is 5.17. The summed E-state index contributed by atoms with van der Waals surface area (Å²) in [4.78, 5) is 2.67. The number of nitrogens with zero attached hydrogens (tertiary/aromatic N) is 1. The van der Waals surface area contributed by atoms with E-state index in [0.29, 0.717) is 17.3 Å². The van der Waals surface area contributed by atoms with E-state index in [1.165, 1.54) is 24.8 Å². The van der Waals surface area contributed by atoms with Crippen LogP contribution in [0.3, 0.4) is 0 Å². The largest absolute Gasteiger partial charge is 0.508 e. The summed E-state index contributed by atoms with van der Waals surface area (Å²) >= 11 is 0. The summed E-state index contributed by atoms with van der Waals surface area (Å²) in [6, 6.07) is 8.29. The molecule has 20 heavy (non-hydrogen) atoms. The first-order chi connectivity index (χ1) is 9.61. The van der Waals surface area contributed by atoms with Gasteiger partial charge in [-0.25, -0.2) is 0 Å². The molecule has 3 heteroatoms. The number of phenolic OH excluding ortho intramolecular Hbond substituents is 1. The first-order valence-corrected chi connectivity index (χ1v) is 7.88. The lowest BCUT2D eigenvalue weighted by molar-refractivity contribution is 0.0270. The van der Waals surface area contributed by atoms with E-state index >= 15 is 0 Å². The van der Waals surface area contributed by atoms with Crippen LogP contribution in [0.2, 0.25) is 0 Å². The summed E-state index contributed by atoms with van der Waals surface area (Å²) in [7, 11) is 0. The molecule has 2 atom stereocenters. The fourth-order valence-electron chi connectivity index (χ4n) is 3.45. The molecule has 110 valence electrons. The van der Waals surface area contributed by atoms with E-state index in [1.54, 1.807) is 12.1 Å². The minimum Gasteiger partial charge on any atom is -0.508 e. The van der Waals surface area contributed by atoms with Gasteiger partial charge in [-0.15, -0.1) is 0 Å². The first-order valence-electron chi connectivity index (χ1n) is 7.88. The van der Waals surface area contributed by atoms with Crippen molar-refractivity contribution in [2.24, 2.45) is 5.92 Å². The van der Waals surface area contributed by atoms with Crippen LogP contribution in [-0.4, -0.2) is 34.7 Å². The lowest BCUT2D eigenvalue weighted by atomic mass is 9.88. The van der Waals surface area contributed by atoms with Gasteiger partial charge in [0.25, 0.3) is 0 Å². The van der Waals surface area contributed by atoms with Gasteiger partial charge in [0.05, 0.1) is 0 Å². The second-order valence-corrected chi connectivity index (χ2v) is 6.66. The molecule has 3 rings (SSSR count). The van der Waals surface area contributed by atoms with Gasteiger partial charge >= 0.3 is 0 Å². The van der Waals surface area contributed by atoms with Crippen LogP contribution in [0.1, 0.15) is 38.7 Å². The minimum atomic E-state index is 0.295. The lowest BCUT2D eigenvalue weighted by Crippen LogP contribution is -2.63. The maximum Gasteiger partial charge on any atom is 0.115 e. The molecule has 2 aliphatic rings. The molecule has 2 N–H and O–H groups in total. The summed E-state index contributed by atoms with van der Waals surface area (Å²) in [5.41, 5.74) is 1.59. The maximum atomic E-state index is 9.42. The van der Waals surface area contributed by atoms with Crippen molar-refractivity contribution in [3.05, 3.63) is 29.8 Å². The van der Waals surface area contributed by atoms with Crippen molar-refractivity contribution < 1.29 is 5.11 Å². The fraction of sp³-hybridized carbons (Fsp3) is 0.647. The van der Waals surface area contributed by atoms with Crippen LogP contribution < -0.4 is 5.32 Å². The van der Waals surface area contributed by atoms with Gasteiger partial charge in [-0.05, 0) is 49.8 Å². The standard InChI is InChI=1S/C17H26N2O/c1-3-15-11-19(10-13-4-8-16(20)9-5-13)17(2,12-18-15)14-6-7-14/h4-5,8-9,14-15,18,20H,3,6-7,10-12H2,1-2H3. The number of benzene rings is 1. The monoisotopic (exact) mass is 274 g/mol. The van der Waals surface area contributed by atoms with E-state index in [9.17, 15) is 5.11 Å². The highest BCUT2D eigenvalue weighted by Gasteiger charge is 2.47.